The summed E-state index contributed by atoms with van der Waals surface area (Å²) >= 11 is 5.30. The lowest BCUT2D eigenvalue weighted by atomic mass is 10.1. The standard InChI is InChI=1S/C16H27BrN4S.HI/c1-11(2)21-9-12(3)14(10-21)20-16(18-4)19-8-7-13-5-6-15(17)22-13;/h5-6,11-12,14H,7-10H2,1-4H3,(H2,18,19,20);1H. The number of rotatable bonds is 5. The van der Waals surface area contributed by atoms with Crippen LogP contribution in [-0.4, -0.2) is 49.6 Å². The van der Waals surface area contributed by atoms with E-state index in [9.17, 15) is 0 Å². The minimum absolute atomic E-state index is 0. The summed E-state index contributed by atoms with van der Waals surface area (Å²) in [6.45, 7) is 10.0. The van der Waals surface area contributed by atoms with Crippen LogP contribution in [0.1, 0.15) is 25.6 Å². The largest absolute Gasteiger partial charge is 0.356 e. The summed E-state index contributed by atoms with van der Waals surface area (Å²) in [5.41, 5.74) is 0. The molecule has 0 amide bonds. The van der Waals surface area contributed by atoms with Crippen molar-refractivity contribution in [1.29, 1.82) is 0 Å². The average Bonchev–Trinajstić information content (AvgIpc) is 3.04. The Morgan fingerprint density at radius 3 is 2.70 bits per heavy atom. The van der Waals surface area contributed by atoms with Gasteiger partial charge in [0, 0.05) is 43.6 Å². The van der Waals surface area contributed by atoms with E-state index in [1.807, 2.05) is 7.05 Å². The van der Waals surface area contributed by atoms with Crippen LogP contribution < -0.4 is 10.6 Å². The lowest BCUT2D eigenvalue weighted by molar-refractivity contribution is 0.265. The van der Waals surface area contributed by atoms with Crippen LogP contribution in [0.2, 0.25) is 0 Å². The monoisotopic (exact) mass is 514 g/mol. The second kappa shape index (κ2) is 10.2. The molecule has 4 nitrogen and oxygen atoms in total. The third kappa shape index (κ3) is 6.51. The van der Waals surface area contributed by atoms with Crippen LogP contribution in [0.5, 0.6) is 0 Å². The molecular weight excluding hydrogens is 487 g/mol. The highest BCUT2D eigenvalue weighted by Gasteiger charge is 2.31. The van der Waals surface area contributed by atoms with Gasteiger partial charge in [-0.2, -0.15) is 0 Å². The summed E-state index contributed by atoms with van der Waals surface area (Å²) < 4.78 is 1.19. The smallest absolute Gasteiger partial charge is 0.191 e. The van der Waals surface area contributed by atoms with Crippen molar-refractivity contribution >= 4 is 57.2 Å². The molecule has 0 spiro atoms. The van der Waals surface area contributed by atoms with Gasteiger partial charge in [0.1, 0.15) is 0 Å². The summed E-state index contributed by atoms with van der Waals surface area (Å²) in [4.78, 5) is 8.27. The van der Waals surface area contributed by atoms with Crippen molar-refractivity contribution < 1.29 is 0 Å². The molecule has 2 N–H and O–H groups in total. The zero-order valence-corrected chi connectivity index (χ0v) is 19.0. The minimum Gasteiger partial charge on any atom is -0.356 e. The van der Waals surface area contributed by atoms with Gasteiger partial charge in [0.15, 0.2) is 5.96 Å². The van der Waals surface area contributed by atoms with Crippen LogP contribution in [-0.2, 0) is 6.42 Å². The molecule has 0 bridgehead atoms. The van der Waals surface area contributed by atoms with E-state index in [4.69, 9.17) is 0 Å². The normalized spacial score (nSPS) is 22.3. The Morgan fingerprint density at radius 2 is 2.17 bits per heavy atom. The molecule has 1 aliphatic rings. The van der Waals surface area contributed by atoms with E-state index in [-0.39, 0.29) is 24.0 Å². The molecule has 2 atom stereocenters. The molecule has 1 aliphatic heterocycles. The predicted octanol–water partition coefficient (Wildman–Crippen LogP) is 3.56. The van der Waals surface area contributed by atoms with Gasteiger partial charge in [0.2, 0.25) is 0 Å². The Bertz CT molecular complexity index is 506. The van der Waals surface area contributed by atoms with E-state index in [0.717, 1.165) is 32.0 Å². The first kappa shape index (κ1) is 21.2. The fourth-order valence-electron chi connectivity index (χ4n) is 2.77. The lowest BCUT2D eigenvalue weighted by Crippen LogP contribution is -2.47. The van der Waals surface area contributed by atoms with Gasteiger partial charge in [-0.1, -0.05) is 6.92 Å². The van der Waals surface area contributed by atoms with Crippen LogP contribution >= 0.6 is 51.2 Å². The number of likely N-dealkylation sites (tertiary alicyclic amines) is 1. The third-order valence-electron chi connectivity index (χ3n) is 4.21. The molecule has 1 saturated heterocycles. The molecule has 2 unspecified atom stereocenters. The van der Waals surface area contributed by atoms with E-state index in [1.165, 1.54) is 8.66 Å². The van der Waals surface area contributed by atoms with E-state index >= 15 is 0 Å². The van der Waals surface area contributed by atoms with Crippen molar-refractivity contribution in [2.45, 2.75) is 39.3 Å². The van der Waals surface area contributed by atoms with Gasteiger partial charge in [0.25, 0.3) is 0 Å². The topological polar surface area (TPSA) is 39.7 Å². The first-order chi connectivity index (χ1) is 10.5. The van der Waals surface area contributed by atoms with E-state index < -0.39 is 0 Å². The number of nitrogens with one attached hydrogen (secondary N) is 2. The van der Waals surface area contributed by atoms with Gasteiger partial charge in [-0.3, -0.25) is 9.89 Å². The number of thiophene rings is 1. The summed E-state index contributed by atoms with van der Waals surface area (Å²) in [5.74, 6) is 1.56. The molecule has 132 valence electrons. The SMILES string of the molecule is CN=C(NCCc1ccc(Br)s1)NC1CN(C(C)C)CC1C.I. The van der Waals surface area contributed by atoms with Crippen LogP contribution in [0.4, 0.5) is 0 Å². The average molecular weight is 515 g/mol. The first-order valence-electron chi connectivity index (χ1n) is 7.95. The zero-order valence-electron chi connectivity index (χ0n) is 14.3. The highest BCUT2D eigenvalue weighted by atomic mass is 127. The van der Waals surface area contributed by atoms with Crippen LogP contribution in [0, 0.1) is 5.92 Å². The maximum absolute atomic E-state index is 4.36. The van der Waals surface area contributed by atoms with Gasteiger partial charge >= 0.3 is 0 Å². The second-order valence-corrected chi connectivity index (χ2v) is 8.78. The van der Waals surface area contributed by atoms with Gasteiger partial charge < -0.3 is 10.6 Å². The van der Waals surface area contributed by atoms with Crippen molar-refractivity contribution in [1.82, 2.24) is 15.5 Å². The van der Waals surface area contributed by atoms with Crippen molar-refractivity contribution in [3.05, 3.63) is 20.8 Å². The number of nitrogens with zero attached hydrogens (tertiary/aromatic N) is 2. The quantitative estimate of drug-likeness (QED) is 0.358. The highest BCUT2D eigenvalue weighted by molar-refractivity contribution is 14.0. The Kier molecular flexibility index (Phi) is 9.40. The van der Waals surface area contributed by atoms with Crippen molar-refractivity contribution in [2.24, 2.45) is 10.9 Å². The molecule has 0 saturated carbocycles. The van der Waals surface area contributed by atoms with E-state index in [0.29, 0.717) is 18.0 Å². The Morgan fingerprint density at radius 1 is 1.43 bits per heavy atom. The Balaban J connectivity index is 0.00000264. The summed E-state index contributed by atoms with van der Waals surface area (Å²) in [6, 6.07) is 5.37. The van der Waals surface area contributed by atoms with Gasteiger partial charge in [-0.05, 0) is 54.2 Å². The minimum atomic E-state index is 0. The number of hydrogen-bond acceptors (Lipinski definition) is 3. The molecular formula is C16H28BrIN4S. The number of halogens is 2. The highest BCUT2D eigenvalue weighted by Crippen LogP contribution is 2.22. The molecule has 1 aromatic rings. The fourth-order valence-corrected chi connectivity index (χ4v) is 4.26. The Labute approximate surface area is 169 Å². The lowest BCUT2D eigenvalue weighted by Gasteiger charge is -2.21. The fraction of sp³-hybridized carbons (Fsp3) is 0.688. The summed E-state index contributed by atoms with van der Waals surface area (Å²) in [7, 11) is 1.84. The molecule has 1 fully saturated rings. The number of guanidine groups is 1. The van der Waals surface area contributed by atoms with E-state index in [2.05, 4.69) is 69.4 Å². The Hall–Kier alpha value is 0.140. The van der Waals surface area contributed by atoms with Crippen LogP contribution in [0.25, 0.3) is 0 Å². The predicted molar refractivity (Wildman–Crippen MR) is 115 cm³/mol. The zero-order chi connectivity index (χ0) is 16.1. The van der Waals surface area contributed by atoms with Crippen LogP contribution in [0.3, 0.4) is 0 Å². The third-order valence-corrected chi connectivity index (χ3v) is 5.89. The molecule has 1 aromatic heterocycles. The maximum atomic E-state index is 4.36. The summed E-state index contributed by atoms with van der Waals surface area (Å²) in [6.07, 6.45) is 1.02. The molecule has 23 heavy (non-hydrogen) atoms. The van der Waals surface area contributed by atoms with Gasteiger partial charge in [-0.15, -0.1) is 35.3 Å². The molecule has 2 heterocycles. The van der Waals surface area contributed by atoms with Crippen molar-refractivity contribution in [2.75, 3.05) is 26.7 Å². The molecule has 7 heteroatoms. The second-order valence-electron chi connectivity index (χ2n) is 6.23. The molecule has 0 aromatic carbocycles. The number of hydrogen-bond donors (Lipinski definition) is 2. The van der Waals surface area contributed by atoms with Gasteiger partial charge in [0.05, 0.1) is 3.79 Å². The van der Waals surface area contributed by atoms with Gasteiger partial charge in [-0.25, -0.2) is 0 Å². The molecule has 2 rings (SSSR count). The summed E-state index contributed by atoms with van der Waals surface area (Å²) in [5, 5.41) is 7.01. The number of aliphatic imine (C=N–C) groups is 1. The molecule has 0 aliphatic carbocycles. The van der Waals surface area contributed by atoms with Crippen LogP contribution in [0.15, 0.2) is 20.9 Å². The van der Waals surface area contributed by atoms with Crippen molar-refractivity contribution in [3.63, 3.8) is 0 Å². The first-order valence-corrected chi connectivity index (χ1v) is 9.56. The maximum Gasteiger partial charge on any atom is 0.191 e. The molecule has 0 radical (unpaired) electrons. The van der Waals surface area contributed by atoms with E-state index in [1.54, 1.807) is 11.3 Å². The van der Waals surface area contributed by atoms with Crippen molar-refractivity contribution in [3.8, 4) is 0 Å².